The lowest BCUT2D eigenvalue weighted by Crippen LogP contribution is -2.13. The van der Waals surface area contributed by atoms with E-state index in [0.717, 1.165) is 10.7 Å². The monoisotopic (exact) mass is 312 g/mol. The predicted molar refractivity (Wildman–Crippen MR) is 63.8 cm³/mol. The number of rotatable bonds is 3. The summed E-state index contributed by atoms with van der Waals surface area (Å²) in [5.74, 6) is -0.325. The lowest BCUT2D eigenvalue weighted by molar-refractivity contribution is 0.202. The average Bonchev–Trinajstić information content (AvgIpc) is 1.99. The van der Waals surface area contributed by atoms with E-state index in [1.165, 1.54) is 0 Å². The van der Waals surface area contributed by atoms with E-state index in [1.807, 2.05) is 0 Å². The maximum atomic E-state index is 11.0. The number of benzene rings is 1. The van der Waals surface area contributed by atoms with Crippen molar-refractivity contribution in [2.75, 3.05) is 12.0 Å². The predicted octanol–water partition coefficient (Wildman–Crippen LogP) is 2.18. The van der Waals surface area contributed by atoms with Crippen LogP contribution < -0.4 is 0 Å². The van der Waals surface area contributed by atoms with Crippen LogP contribution in [0.4, 0.5) is 0 Å². The fourth-order valence-electron chi connectivity index (χ4n) is 1.15. The molecule has 0 fully saturated rings. The number of halogens is 2. The molecule has 0 aliphatic heterocycles. The van der Waals surface area contributed by atoms with Gasteiger partial charge in [-0.3, -0.25) is 0 Å². The smallest absolute Gasteiger partial charge is 0.150 e. The first-order valence-corrected chi connectivity index (χ1v) is 7.33. The minimum absolute atomic E-state index is 0.325. The van der Waals surface area contributed by atoms with Crippen LogP contribution in [0.5, 0.6) is 0 Å². The molecule has 0 aliphatic rings. The summed E-state index contributed by atoms with van der Waals surface area (Å²) in [6, 6.07) is 4.91. The summed E-state index contributed by atoms with van der Waals surface area (Å²) >= 11 is 9.09. The Morgan fingerprint density at radius 3 is 2.60 bits per heavy atom. The highest BCUT2D eigenvalue weighted by Crippen LogP contribution is 2.27. The molecule has 0 heterocycles. The molecule has 15 heavy (non-hydrogen) atoms. The molecule has 3 nitrogen and oxygen atoms in total. The van der Waals surface area contributed by atoms with Crippen molar-refractivity contribution < 1.29 is 13.5 Å². The van der Waals surface area contributed by atoms with Gasteiger partial charge >= 0.3 is 0 Å². The zero-order valence-corrected chi connectivity index (χ0v) is 11.1. The van der Waals surface area contributed by atoms with Crippen molar-refractivity contribution in [3.05, 3.63) is 33.3 Å². The van der Waals surface area contributed by atoms with Crippen molar-refractivity contribution in [1.82, 2.24) is 0 Å². The summed E-state index contributed by atoms with van der Waals surface area (Å²) in [6.07, 6.45) is -0.0104. The maximum Gasteiger partial charge on any atom is 0.150 e. The Labute approximate surface area is 102 Å². The number of sulfone groups is 1. The van der Waals surface area contributed by atoms with Crippen molar-refractivity contribution in [2.24, 2.45) is 0 Å². The normalized spacial score (nSPS) is 13.9. The van der Waals surface area contributed by atoms with Crippen molar-refractivity contribution in [1.29, 1.82) is 0 Å². The molecule has 1 aromatic rings. The minimum atomic E-state index is -3.22. The number of hydrogen-bond donors (Lipinski definition) is 1. The Kier molecular flexibility index (Phi) is 4.17. The summed E-state index contributed by atoms with van der Waals surface area (Å²) in [4.78, 5) is 0. The van der Waals surface area contributed by atoms with Crippen molar-refractivity contribution >= 4 is 37.4 Å². The van der Waals surface area contributed by atoms with Crippen LogP contribution in [0.1, 0.15) is 11.7 Å². The Bertz CT molecular complexity index is 458. The molecule has 1 unspecified atom stereocenters. The second kappa shape index (κ2) is 4.82. The number of aliphatic hydroxyl groups excluding tert-OH is 1. The lowest BCUT2D eigenvalue weighted by Gasteiger charge is -2.11. The molecule has 0 bridgehead atoms. The molecule has 84 valence electrons. The van der Waals surface area contributed by atoms with Gasteiger partial charge in [0.1, 0.15) is 9.84 Å². The van der Waals surface area contributed by atoms with E-state index in [4.69, 9.17) is 11.6 Å². The third kappa shape index (κ3) is 4.10. The van der Waals surface area contributed by atoms with Gasteiger partial charge in [-0.15, -0.1) is 0 Å². The second-order valence-electron chi connectivity index (χ2n) is 3.27. The summed E-state index contributed by atoms with van der Waals surface area (Å²) in [5, 5.41) is 10.00. The summed E-state index contributed by atoms with van der Waals surface area (Å²) < 4.78 is 22.7. The van der Waals surface area contributed by atoms with Crippen LogP contribution in [0.2, 0.25) is 5.02 Å². The van der Waals surface area contributed by atoms with Gasteiger partial charge in [0, 0.05) is 21.3 Å². The molecule has 1 atom stereocenters. The highest BCUT2D eigenvalue weighted by molar-refractivity contribution is 9.10. The SMILES string of the molecule is CS(=O)(=O)CC(O)c1ccc(Br)cc1Cl. The van der Waals surface area contributed by atoms with E-state index >= 15 is 0 Å². The van der Waals surface area contributed by atoms with E-state index in [9.17, 15) is 13.5 Å². The molecule has 0 saturated carbocycles. The van der Waals surface area contributed by atoms with E-state index < -0.39 is 15.9 Å². The van der Waals surface area contributed by atoms with Crippen LogP contribution in [0.25, 0.3) is 0 Å². The highest BCUT2D eigenvalue weighted by atomic mass is 79.9. The van der Waals surface area contributed by atoms with Crippen LogP contribution >= 0.6 is 27.5 Å². The quantitative estimate of drug-likeness (QED) is 0.930. The van der Waals surface area contributed by atoms with E-state index in [0.29, 0.717) is 10.6 Å². The molecule has 0 amide bonds. The van der Waals surface area contributed by atoms with Crippen LogP contribution in [0.15, 0.2) is 22.7 Å². The summed E-state index contributed by atoms with van der Waals surface area (Å²) in [7, 11) is -3.22. The molecular weight excluding hydrogens is 304 g/mol. The van der Waals surface area contributed by atoms with Gasteiger partial charge in [-0.2, -0.15) is 0 Å². The first-order chi connectivity index (χ1) is 6.79. The maximum absolute atomic E-state index is 11.0. The topological polar surface area (TPSA) is 54.4 Å². The van der Waals surface area contributed by atoms with E-state index in [2.05, 4.69) is 15.9 Å². The Hall–Kier alpha value is -0.100. The van der Waals surface area contributed by atoms with Crippen LogP contribution in [0, 0.1) is 0 Å². The molecule has 0 radical (unpaired) electrons. The molecule has 1 aromatic carbocycles. The second-order valence-corrected chi connectivity index (χ2v) is 6.78. The largest absolute Gasteiger partial charge is 0.387 e. The fourth-order valence-corrected chi connectivity index (χ4v) is 2.70. The van der Waals surface area contributed by atoms with E-state index in [1.54, 1.807) is 18.2 Å². The molecule has 1 N–H and O–H groups in total. The third-order valence-electron chi connectivity index (χ3n) is 1.78. The van der Waals surface area contributed by atoms with Gasteiger partial charge < -0.3 is 5.11 Å². The first kappa shape index (κ1) is 13.0. The molecule has 6 heteroatoms. The zero-order valence-electron chi connectivity index (χ0n) is 7.94. The molecule has 0 spiro atoms. The lowest BCUT2D eigenvalue weighted by atomic mass is 10.1. The van der Waals surface area contributed by atoms with E-state index in [-0.39, 0.29) is 5.75 Å². The van der Waals surface area contributed by atoms with Crippen molar-refractivity contribution in [2.45, 2.75) is 6.10 Å². The molecule has 0 saturated heterocycles. The molecule has 1 rings (SSSR count). The van der Waals surface area contributed by atoms with Gasteiger partial charge in [0.2, 0.25) is 0 Å². The Morgan fingerprint density at radius 1 is 1.53 bits per heavy atom. The van der Waals surface area contributed by atoms with Crippen molar-refractivity contribution in [3.63, 3.8) is 0 Å². The molecule has 0 aliphatic carbocycles. The van der Waals surface area contributed by atoms with Gasteiger partial charge in [-0.05, 0) is 12.1 Å². The van der Waals surface area contributed by atoms with Gasteiger partial charge in [0.25, 0.3) is 0 Å². The van der Waals surface area contributed by atoms with Gasteiger partial charge in [0.05, 0.1) is 11.9 Å². The number of aliphatic hydroxyl groups is 1. The fraction of sp³-hybridized carbons (Fsp3) is 0.333. The Morgan fingerprint density at radius 2 is 2.13 bits per heavy atom. The minimum Gasteiger partial charge on any atom is -0.387 e. The number of hydrogen-bond acceptors (Lipinski definition) is 3. The average molecular weight is 314 g/mol. The summed E-state index contributed by atoms with van der Waals surface area (Å²) in [6.45, 7) is 0. The van der Waals surface area contributed by atoms with Crippen LogP contribution in [0.3, 0.4) is 0 Å². The molecule has 0 aromatic heterocycles. The Balaban J connectivity index is 2.97. The first-order valence-electron chi connectivity index (χ1n) is 4.10. The van der Waals surface area contributed by atoms with Crippen LogP contribution in [-0.2, 0) is 9.84 Å². The van der Waals surface area contributed by atoms with Gasteiger partial charge in [-0.1, -0.05) is 33.6 Å². The standard InChI is InChI=1S/C9H10BrClO3S/c1-15(13,14)5-9(12)7-3-2-6(10)4-8(7)11/h2-4,9,12H,5H2,1H3. The van der Waals surface area contributed by atoms with Gasteiger partial charge in [0.15, 0.2) is 0 Å². The van der Waals surface area contributed by atoms with Gasteiger partial charge in [-0.25, -0.2) is 8.42 Å². The summed E-state index contributed by atoms with van der Waals surface area (Å²) in [5.41, 5.74) is 0.422. The van der Waals surface area contributed by atoms with Crippen molar-refractivity contribution in [3.8, 4) is 0 Å². The highest BCUT2D eigenvalue weighted by Gasteiger charge is 2.16. The zero-order chi connectivity index (χ0) is 11.6. The molecular formula is C9H10BrClO3S. The third-order valence-corrected chi connectivity index (χ3v) is 3.52. The van der Waals surface area contributed by atoms with Crippen LogP contribution in [-0.4, -0.2) is 25.5 Å².